The lowest BCUT2D eigenvalue weighted by Crippen LogP contribution is -2.16. The summed E-state index contributed by atoms with van der Waals surface area (Å²) in [5.41, 5.74) is 8.34. The molecule has 0 aromatic heterocycles. The Balaban J connectivity index is 3.13. The molecule has 0 spiro atoms. The van der Waals surface area contributed by atoms with Crippen molar-refractivity contribution in [1.82, 2.24) is 0 Å². The molecule has 0 aliphatic heterocycles. The lowest BCUT2D eigenvalue weighted by Gasteiger charge is -2.22. The first kappa shape index (κ1) is 12.4. The van der Waals surface area contributed by atoms with E-state index in [0.29, 0.717) is 10.7 Å². The molecule has 84 valence electrons. The first-order valence-corrected chi connectivity index (χ1v) is 5.22. The van der Waals surface area contributed by atoms with Gasteiger partial charge in [-0.15, -0.1) is 0 Å². The molecule has 0 saturated carbocycles. The largest absolute Gasteiger partial charge is 0.397 e. The maximum absolute atomic E-state index is 5.90. The van der Waals surface area contributed by atoms with E-state index in [2.05, 4.69) is 13.2 Å². The van der Waals surface area contributed by atoms with Gasteiger partial charge in [-0.25, -0.2) is 0 Å². The number of likely N-dealkylation sites (N-methyl/N-ethyl adjacent to an activating group) is 1. The molecule has 0 fully saturated rings. The average molecular weight is 235 g/mol. The molecule has 3 heteroatoms. The number of nitrogen functional groups attached to an aromatic ring is 1. The number of nitrogens with two attached hydrogens (primary N) is 1. The van der Waals surface area contributed by atoms with Crippen LogP contribution in [0.25, 0.3) is 0 Å². The molecule has 0 unspecified atom stereocenters. The smallest absolute Gasteiger partial charge is 0.0642 e. The number of allylic oxidation sites excluding steroid dienone is 3. The Hall–Kier alpha value is -1.67. The second kappa shape index (κ2) is 5.42. The highest BCUT2D eigenvalue weighted by Crippen LogP contribution is 2.28. The summed E-state index contributed by atoms with van der Waals surface area (Å²) in [5.74, 6) is 0. The van der Waals surface area contributed by atoms with E-state index in [-0.39, 0.29) is 0 Å². The summed E-state index contributed by atoms with van der Waals surface area (Å²) in [5, 5.41) is 0.627. The predicted molar refractivity (Wildman–Crippen MR) is 72.7 cm³/mol. The minimum atomic E-state index is 0.627. The van der Waals surface area contributed by atoms with Gasteiger partial charge in [-0.3, -0.25) is 0 Å². The van der Waals surface area contributed by atoms with E-state index in [0.717, 1.165) is 11.4 Å². The lowest BCUT2D eigenvalue weighted by molar-refractivity contribution is 1.14. The summed E-state index contributed by atoms with van der Waals surface area (Å²) in [7, 11) is 1.91. The van der Waals surface area contributed by atoms with Gasteiger partial charge in [0, 0.05) is 17.8 Å². The third-order valence-electron chi connectivity index (χ3n) is 2.24. The van der Waals surface area contributed by atoms with Crippen molar-refractivity contribution >= 4 is 23.0 Å². The van der Waals surface area contributed by atoms with Crippen LogP contribution in [0.2, 0.25) is 5.02 Å². The fourth-order valence-corrected chi connectivity index (χ4v) is 1.59. The fraction of sp³-hybridized carbons (Fsp3) is 0.0769. The molecule has 2 N–H and O–H groups in total. The van der Waals surface area contributed by atoms with Gasteiger partial charge in [-0.1, -0.05) is 30.8 Å². The van der Waals surface area contributed by atoms with Crippen molar-refractivity contribution in [2.45, 2.75) is 0 Å². The van der Waals surface area contributed by atoms with Gasteiger partial charge < -0.3 is 10.6 Å². The van der Waals surface area contributed by atoms with Crippen molar-refractivity contribution in [3.8, 4) is 0 Å². The van der Waals surface area contributed by atoms with E-state index in [4.69, 9.17) is 17.3 Å². The van der Waals surface area contributed by atoms with Gasteiger partial charge in [-0.05, 0) is 30.4 Å². The summed E-state index contributed by atoms with van der Waals surface area (Å²) in [6, 6.07) is 5.40. The molecule has 0 aliphatic carbocycles. The van der Waals surface area contributed by atoms with Crippen LogP contribution >= 0.6 is 11.6 Å². The van der Waals surface area contributed by atoms with E-state index in [1.807, 2.05) is 24.1 Å². The van der Waals surface area contributed by atoms with Crippen molar-refractivity contribution in [3.63, 3.8) is 0 Å². The first-order valence-electron chi connectivity index (χ1n) is 4.84. The van der Waals surface area contributed by atoms with Crippen LogP contribution in [0.5, 0.6) is 0 Å². The number of halogens is 1. The zero-order valence-electron chi connectivity index (χ0n) is 9.28. The van der Waals surface area contributed by atoms with Crippen molar-refractivity contribution in [2.75, 3.05) is 17.7 Å². The van der Waals surface area contributed by atoms with E-state index < -0.39 is 0 Å². The molecule has 0 saturated heterocycles. The molecule has 0 bridgehead atoms. The Kier molecular flexibility index (Phi) is 4.20. The standard InChI is InChI=1S/C13H15ClN2/c1-4-6-11(5-2)16(3)13-8-7-10(14)9-12(13)15/h4-9H,1-2,15H2,3H3/b11-6+. The van der Waals surface area contributed by atoms with Gasteiger partial charge in [0.1, 0.15) is 0 Å². The average Bonchev–Trinajstić information content (AvgIpc) is 2.25. The van der Waals surface area contributed by atoms with Crippen molar-refractivity contribution in [2.24, 2.45) is 0 Å². The Morgan fingerprint density at radius 3 is 2.62 bits per heavy atom. The fourth-order valence-electron chi connectivity index (χ4n) is 1.41. The Labute approximate surface area is 101 Å². The van der Waals surface area contributed by atoms with E-state index >= 15 is 0 Å². The van der Waals surface area contributed by atoms with Crippen LogP contribution in [-0.2, 0) is 0 Å². The molecule has 16 heavy (non-hydrogen) atoms. The van der Waals surface area contributed by atoms with Gasteiger partial charge >= 0.3 is 0 Å². The van der Waals surface area contributed by atoms with Crippen molar-refractivity contribution < 1.29 is 0 Å². The van der Waals surface area contributed by atoms with Crippen LogP contribution in [0.4, 0.5) is 11.4 Å². The molecular formula is C13H15ClN2. The normalized spacial score (nSPS) is 11.0. The molecule has 0 aliphatic rings. The lowest BCUT2D eigenvalue weighted by atomic mass is 10.2. The minimum absolute atomic E-state index is 0.627. The maximum atomic E-state index is 5.90. The molecule has 0 atom stereocenters. The Morgan fingerprint density at radius 1 is 1.44 bits per heavy atom. The summed E-state index contributed by atoms with van der Waals surface area (Å²) in [6.45, 7) is 7.41. The monoisotopic (exact) mass is 234 g/mol. The molecule has 0 amide bonds. The molecule has 1 aromatic carbocycles. The number of nitrogens with zero attached hydrogens (tertiary/aromatic N) is 1. The quantitative estimate of drug-likeness (QED) is 0.637. The number of rotatable bonds is 4. The zero-order chi connectivity index (χ0) is 12.1. The topological polar surface area (TPSA) is 29.3 Å². The van der Waals surface area contributed by atoms with Crippen LogP contribution in [0.1, 0.15) is 0 Å². The molecule has 1 rings (SSSR count). The van der Waals surface area contributed by atoms with Crippen LogP contribution in [0, 0.1) is 0 Å². The van der Waals surface area contributed by atoms with Gasteiger partial charge in [0.05, 0.1) is 11.4 Å². The number of benzene rings is 1. The highest BCUT2D eigenvalue weighted by atomic mass is 35.5. The van der Waals surface area contributed by atoms with E-state index in [9.17, 15) is 0 Å². The van der Waals surface area contributed by atoms with Gasteiger partial charge in [0.25, 0.3) is 0 Å². The van der Waals surface area contributed by atoms with Gasteiger partial charge in [-0.2, -0.15) is 0 Å². The zero-order valence-corrected chi connectivity index (χ0v) is 10.0. The first-order chi connectivity index (χ1) is 7.60. The summed E-state index contributed by atoms with van der Waals surface area (Å²) in [6.07, 6.45) is 5.32. The van der Waals surface area contributed by atoms with Crippen LogP contribution in [0.15, 0.2) is 55.3 Å². The van der Waals surface area contributed by atoms with Gasteiger partial charge in [0.2, 0.25) is 0 Å². The van der Waals surface area contributed by atoms with Crippen molar-refractivity contribution in [3.05, 3.63) is 60.3 Å². The number of hydrogen-bond acceptors (Lipinski definition) is 2. The van der Waals surface area contributed by atoms with Crippen LogP contribution in [-0.4, -0.2) is 7.05 Å². The predicted octanol–water partition coefficient (Wildman–Crippen LogP) is 3.61. The summed E-state index contributed by atoms with van der Waals surface area (Å²) in [4.78, 5) is 1.93. The molecule has 0 radical (unpaired) electrons. The molecular weight excluding hydrogens is 220 g/mol. The third-order valence-corrected chi connectivity index (χ3v) is 2.47. The second-order valence-corrected chi connectivity index (χ2v) is 3.73. The highest BCUT2D eigenvalue weighted by Gasteiger charge is 2.07. The highest BCUT2D eigenvalue weighted by molar-refractivity contribution is 6.31. The maximum Gasteiger partial charge on any atom is 0.0642 e. The molecule has 2 nitrogen and oxygen atoms in total. The van der Waals surface area contributed by atoms with E-state index in [1.54, 1.807) is 24.3 Å². The molecule has 1 aromatic rings. The van der Waals surface area contributed by atoms with Crippen LogP contribution in [0.3, 0.4) is 0 Å². The summed E-state index contributed by atoms with van der Waals surface area (Å²) < 4.78 is 0. The molecule has 0 heterocycles. The van der Waals surface area contributed by atoms with Crippen LogP contribution < -0.4 is 10.6 Å². The van der Waals surface area contributed by atoms with Gasteiger partial charge in [0.15, 0.2) is 0 Å². The van der Waals surface area contributed by atoms with E-state index in [1.165, 1.54) is 0 Å². The number of anilines is 2. The Bertz CT molecular complexity index is 436. The summed E-state index contributed by atoms with van der Waals surface area (Å²) >= 11 is 5.85. The number of hydrogen-bond donors (Lipinski definition) is 1. The Morgan fingerprint density at radius 2 is 2.12 bits per heavy atom. The SMILES string of the molecule is C=C/C=C(\C=C)N(C)c1ccc(Cl)cc1N. The second-order valence-electron chi connectivity index (χ2n) is 3.29. The van der Waals surface area contributed by atoms with Crippen molar-refractivity contribution in [1.29, 1.82) is 0 Å². The third kappa shape index (κ3) is 2.67. The minimum Gasteiger partial charge on any atom is -0.397 e.